The molecule has 0 aliphatic carbocycles. The Hall–Kier alpha value is 1.36. The molecule has 4 nitrogen and oxygen atoms in total. The van der Waals surface area contributed by atoms with E-state index in [1.807, 2.05) is 0 Å². The molecular formula is H2Cl3O4RhS. The Morgan fingerprint density at radius 3 is 1.11 bits per heavy atom. The van der Waals surface area contributed by atoms with E-state index in [2.05, 4.69) is 0 Å². The first-order valence-electron chi connectivity index (χ1n) is 1.08. The van der Waals surface area contributed by atoms with Crippen LogP contribution in [0.5, 0.6) is 0 Å². The van der Waals surface area contributed by atoms with Crippen LogP contribution in [-0.4, -0.2) is 17.5 Å². The van der Waals surface area contributed by atoms with Crippen LogP contribution in [0.15, 0.2) is 0 Å². The van der Waals surface area contributed by atoms with E-state index in [0.29, 0.717) is 0 Å². The Labute approximate surface area is 69.7 Å². The molecule has 0 aliphatic heterocycles. The van der Waals surface area contributed by atoms with Crippen LogP contribution < -0.4 is 0 Å². The summed E-state index contributed by atoms with van der Waals surface area (Å²) in [5, 5.41) is 0. The number of hydrogen-bond acceptors (Lipinski definition) is 2. The fourth-order valence-electron chi connectivity index (χ4n) is 0. The third-order valence-corrected chi connectivity index (χ3v) is 0. The van der Waals surface area contributed by atoms with Crippen LogP contribution in [0.3, 0.4) is 0 Å². The molecule has 0 spiro atoms. The van der Waals surface area contributed by atoms with Crippen molar-refractivity contribution in [3.63, 3.8) is 0 Å². The van der Waals surface area contributed by atoms with Gasteiger partial charge in [-0.15, -0.1) is 0 Å². The summed E-state index contributed by atoms with van der Waals surface area (Å²) in [6, 6.07) is 0. The van der Waals surface area contributed by atoms with Gasteiger partial charge in [-0.25, -0.2) is 0 Å². The van der Waals surface area contributed by atoms with Crippen LogP contribution >= 0.6 is 29.1 Å². The van der Waals surface area contributed by atoms with Crippen LogP contribution in [0, 0.1) is 0 Å². The van der Waals surface area contributed by atoms with Gasteiger partial charge < -0.3 is 0 Å². The molecule has 0 aromatic carbocycles. The first-order chi connectivity index (χ1) is 3.73. The molecule has 0 radical (unpaired) electrons. The fraction of sp³-hybridized carbons (Fsp3) is 0. The molecule has 0 amide bonds. The van der Waals surface area contributed by atoms with Crippen molar-refractivity contribution < 1.29 is 30.5 Å². The minimum absolute atomic E-state index is 1.66. The van der Waals surface area contributed by atoms with Crippen molar-refractivity contribution in [2.24, 2.45) is 0 Å². The summed E-state index contributed by atoms with van der Waals surface area (Å²) in [7, 11) is 10.1. The van der Waals surface area contributed by atoms with E-state index in [1.54, 1.807) is 0 Å². The summed E-state index contributed by atoms with van der Waals surface area (Å²) in [4.78, 5) is 0. The fourth-order valence-corrected chi connectivity index (χ4v) is 0. The van der Waals surface area contributed by atoms with Gasteiger partial charge in [-0.1, -0.05) is 0 Å². The standard InChI is InChI=1S/3ClH.H2O4S.Rh/c;;;1-5(2,3)4;/h3*1H;(H2,1,2,3,4);/q;;;;+3/p-3. The molecule has 0 saturated heterocycles. The maximum atomic E-state index is 8.74. The van der Waals surface area contributed by atoms with Gasteiger partial charge in [0.25, 0.3) is 0 Å². The van der Waals surface area contributed by atoms with E-state index in [1.165, 1.54) is 0 Å². The number of rotatable bonds is 0. The van der Waals surface area contributed by atoms with Crippen molar-refractivity contribution in [3.8, 4) is 0 Å². The van der Waals surface area contributed by atoms with Crippen molar-refractivity contribution in [3.05, 3.63) is 0 Å². The molecule has 62 valence electrons. The van der Waals surface area contributed by atoms with E-state index in [4.69, 9.17) is 46.6 Å². The van der Waals surface area contributed by atoms with E-state index in [-0.39, 0.29) is 0 Å². The second-order valence-electron chi connectivity index (χ2n) is 0.591. The predicted molar refractivity (Wildman–Crippen MR) is 31.7 cm³/mol. The molecule has 9 heteroatoms. The first-order valence-corrected chi connectivity index (χ1v) is 8.80. The number of halogens is 3. The zero-order chi connectivity index (χ0) is 8.08. The maximum absolute atomic E-state index is 8.74. The molecule has 0 aromatic heterocycles. The monoisotopic (exact) mass is 306 g/mol. The zero-order valence-corrected chi connectivity index (χ0v) is 8.31. The second kappa shape index (κ2) is 6.10. The second-order valence-corrected chi connectivity index (χ2v) is 8.95. The topological polar surface area (TPSA) is 74.6 Å². The third-order valence-electron chi connectivity index (χ3n) is 0. The van der Waals surface area contributed by atoms with Crippen LogP contribution in [0.1, 0.15) is 0 Å². The summed E-state index contributed by atoms with van der Waals surface area (Å²) in [6.07, 6.45) is 0. The summed E-state index contributed by atoms with van der Waals surface area (Å²) >= 11 is -1.66. The molecule has 2 N–H and O–H groups in total. The molecule has 0 heterocycles. The summed E-state index contributed by atoms with van der Waals surface area (Å²) < 4.78 is 31.6. The summed E-state index contributed by atoms with van der Waals surface area (Å²) in [5.74, 6) is 0. The van der Waals surface area contributed by atoms with Crippen LogP contribution in [0.2, 0.25) is 0 Å². The van der Waals surface area contributed by atoms with Gasteiger partial charge in [0.05, 0.1) is 0 Å². The molecule has 0 aliphatic rings. The van der Waals surface area contributed by atoms with Crippen molar-refractivity contribution >= 4 is 39.5 Å². The van der Waals surface area contributed by atoms with Gasteiger partial charge in [0.15, 0.2) is 0 Å². The molecule has 0 fully saturated rings. The molecule has 0 aromatic rings. The predicted octanol–water partition coefficient (Wildman–Crippen LogP) is 1.41. The van der Waals surface area contributed by atoms with Crippen LogP contribution in [0.25, 0.3) is 0 Å². The minimum atomic E-state index is -4.67. The average molecular weight is 307 g/mol. The average Bonchev–Trinajstić information content (AvgIpc) is 1.19. The van der Waals surface area contributed by atoms with Gasteiger partial charge in [-0.2, -0.15) is 8.42 Å². The number of hydrogen-bond donors (Lipinski definition) is 2. The third kappa shape index (κ3) is 273. The van der Waals surface area contributed by atoms with Gasteiger partial charge >= 0.3 is 52.5 Å². The molecule has 0 bridgehead atoms. The van der Waals surface area contributed by atoms with E-state index in [9.17, 15) is 0 Å². The van der Waals surface area contributed by atoms with Gasteiger partial charge in [-0.05, 0) is 0 Å². The first kappa shape index (κ1) is 13.0. The van der Waals surface area contributed by atoms with Crippen molar-refractivity contribution in [2.45, 2.75) is 0 Å². The van der Waals surface area contributed by atoms with E-state index in [0.717, 1.165) is 0 Å². The van der Waals surface area contributed by atoms with Gasteiger partial charge in [0.1, 0.15) is 0 Å². The molecule has 9 heavy (non-hydrogen) atoms. The molecular weight excluding hydrogens is 305 g/mol. The molecule has 0 saturated carbocycles. The van der Waals surface area contributed by atoms with E-state index < -0.39 is 23.4 Å². The van der Waals surface area contributed by atoms with Crippen LogP contribution in [-0.2, 0) is 23.4 Å². The molecule has 0 rings (SSSR count). The van der Waals surface area contributed by atoms with Crippen molar-refractivity contribution in [1.82, 2.24) is 0 Å². The van der Waals surface area contributed by atoms with Crippen molar-refractivity contribution in [2.75, 3.05) is 0 Å². The Morgan fingerprint density at radius 2 is 1.11 bits per heavy atom. The summed E-state index contributed by atoms with van der Waals surface area (Å²) in [6.45, 7) is 0. The Kier molecular flexibility index (Phi) is 8.80. The summed E-state index contributed by atoms with van der Waals surface area (Å²) in [5.41, 5.74) is 0. The normalized spacial score (nSPS) is 11.4. The Morgan fingerprint density at radius 1 is 1.11 bits per heavy atom. The molecule has 0 unspecified atom stereocenters. The van der Waals surface area contributed by atoms with E-state index >= 15 is 0 Å². The van der Waals surface area contributed by atoms with Gasteiger partial charge in [0.2, 0.25) is 0 Å². The van der Waals surface area contributed by atoms with Gasteiger partial charge in [-0.3, -0.25) is 9.11 Å². The van der Waals surface area contributed by atoms with Crippen LogP contribution in [0.4, 0.5) is 0 Å². The quantitative estimate of drug-likeness (QED) is 0.524. The Bertz CT molecular complexity index is 127. The molecule has 0 atom stereocenters. The Balaban J connectivity index is 0. The SMILES string of the molecule is O=S(=O)(O)O.[Cl][Rh]([Cl])[Cl]. The van der Waals surface area contributed by atoms with Gasteiger partial charge in [0, 0.05) is 0 Å². The zero-order valence-electron chi connectivity index (χ0n) is 3.59. The van der Waals surface area contributed by atoms with Crippen molar-refractivity contribution in [1.29, 1.82) is 0 Å².